The lowest BCUT2D eigenvalue weighted by atomic mass is 10.3. The molecule has 2 nitrogen and oxygen atoms in total. The first-order valence-corrected chi connectivity index (χ1v) is 4.50. The van der Waals surface area contributed by atoms with Gasteiger partial charge in [0, 0.05) is 22.3 Å². The van der Waals surface area contributed by atoms with Crippen LogP contribution in [0.25, 0.3) is 10.9 Å². The highest BCUT2D eigenvalue weighted by atomic mass is 79.9. The molecule has 0 aliphatic heterocycles. The molecule has 2 heterocycles. The van der Waals surface area contributed by atoms with Gasteiger partial charge in [0.2, 0.25) is 0 Å². The van der Waals surface area contributed by atoms with Crippen molar-refractivity contribution in [1.29, 1.82) is 0 Å². The highest BCUT2D eigenvalue weighted by Crippen LogP contribution is 2.21. The van der Waals surface area contributed by atoms with Crippen molar-refractivity contribution in [2.75, 3.05) is 0 Å². The Labute approximate surface area is 82.7 Å². The monoisotopic (exact) mass is 242 g/mol. The third kappa shape index (κ3) is 1.30. The molecule has 0 fully saturated rings. The number of rotatable bonds is 0. The highest BCUT2D eigenvalue weighted by molar-refractivity contribution is 9.10. The van der Waals surface area contributed by atoms with E-state index < -0.39 is 0 Å². The lowest BCUT2D eigenvalue weighted by molar-refractivity contribution is 1.30. The Hall–Kier alpha value is -0.670. The van der Waals surface area contributed by atoms with Gasteiger partial charge in [0.25, 0.3) is 0 Å². The lowest BCUT2D eigenvalue weighted by Crippen LogP contribution is -1.82. The Morgan fingerprint density at radius 1 is 1.33 bits per heavy atom. The zero-order chi connectivity index (χ0) is 8.55. The number of aromatic nitrogens is 2. The highest BCUT2D eigenvalue weighted by Gasteiger charge is 2.00. The first kappa shape index (κ1) is 7.95. The van der Waals surface area contributed by atoms with Crippen molar-refractivity contribution >= 4 is 38.4 Å². The second-order valence-corrected chi connectivity index (χ2v) is 3.60. The standard InChI is InChI=1S/C8H4BrClN2/c9-6-3-5-1-2-11-8(10)7(5)12-4-6/h1-4H. The second kappa shape index (κ2) is 2.99. The van der Waals surface area contributed by atoms with E-state index >= 15 is 0 Å². The Bertz CT molecular complexity index is 430. The van der Waals surface area contributed by atoms with Crippen molar-refractivity contribution in [3.05, 3.63) is 34.2 Å². The molecule has 60 valence electrons. The molecule has 0 aliphatic rings. The van der Waals surface area contributed by atoms with Crippen molar-refractivity contribution in [2.45, 2.75) is 0 Å². The van der Waals surface area contributed by atoms with Crippen molar-refractivity contribution in [2.24, 2.45) is 0 Å². The fourth-order valence-corrected chi connectivity index (χ4v) is 1.56. The van der Waals surface area contributed by atoms with Gasteiger partial charge in [-0.2, -0.15) is 0 Å². The first-order chi connectivity index (χ1) is 5.77. The van der Waals surface area contributed by atoms with Gasteiger partial charge in [0.15, 0.2) is 5.15 Å². The molecule has 0 aromatic carbocycles. The summed E-state index contributed by atoms with van der Waals surface area (Å²) in [5.74, 6) is 0. The van der Waals surface area contributed by atoms with Crippen LogP contribution in [0.5, 0.6) is 0 Å². The van der Waals surface area contributed by atoms with E-state index in [1.54, 1.807) is 12.4 Å². The van der Waals surface area contributed by atoms with Crippen LogP contribution in [0.1, 0.15) is 0 Å². The number of fused-ring (bicyclic) bond motifs is 1. The van der Waals surface area contributed by atoms with Crippen LogP contribution >= 0.6 is 27.5 Å². The normalized spacial score (nSPS) is 10.5. The van der Waals surface area contributed by atoms with E-state index in [0.29, 0.717) is 5.15 Å². The zero-order valence-corrected chi connectivity index (χ0v) is 8.30. The van der Waals surface area contributed by atoms with Crippen LogP contribution in [0.3, 0.4) is 0 Å². The number of pyridine rings is 2. The molecule has 0 unspecified atom stereocenters. The van der Waals surface area contributed by atoms with E-state index in [4.69, 9.17) is 11.6 Å². The van der Waals surface area contributed by atoms with Gasteiger partial charge < -0.3 is 0 Å². The number of nitrogens with zero attached hydrogens (tertiary/aromatic N) is 2. The van der Waals surface area contributed by atoms with E-state index in [1.165, 1.54) is 0 Å². The van der Waals surface area contributed by atoms with Gasteiger partial charge in [-0.3, -0.25) is 4.98 Å². The second-order valence-electron chi connectivity index (χ2n) is 2.33. The molecule has 2 aromatic rings. The summed E-state index contributed by atoms with van der Waals surface area (Å²) in [6.45, 7) is 0. The topological polar surface area (TPSA) is 25.8 Å². The minimum atomic E-state index is 0.444. The number of hydrogen-bond acceptors (Lipinski definition) is 2. The predicted octanol–water partition coefficient (Wildman–Crippen LogP) is 3.05. The van der Waals surface area contributed by atoms with Crippen LogP contribution in [0.15, 0.2) is 29.0 Å². The number of hydrogen-bond donors (Lipinski definition) is 0. The van der Waals surface area contributed by atoms with E-state index in [9.17, 15) is 0 Å². The summed E-state index contributed by atoms with van der Waals surface area (Å²) in [4.78, 5) is 8.06. The molecule has 0 aliphatic carbocycles. The van der Waals surface area contributed by atoms with E-state index in [0.717, 1.165) is 15.4 Å². The van der Waals surface area contributed by atoms with Crippen LogP contribution in [0.4, 0.5) is 0 Å². The Morgan fingerprint density at radius 2 is 2.17 bits per heavy atom. The molecule has 0 saturated heterocycles. The van der Waals surface area contributed by atoms with E-state index in [-0.39, 0.29) is 0 Å². The van der Waals surface area contributed by atoms with E-state index in [1.807, 2.05) is 12.1 Å². The maximum Gasteiger partial charge on any atom is 0.155 e. The van der Waals surface area contributed by atoms with Crippen LogP contribution in [-0.2, 0) is 0 Å². The molecule has 0 amide bonds. The van der Waals surface area contributed by atoms with Gasteiger partial charge in [-0.25, -0.2) is 4.98 Å². The van der Waals surface area contributed by atoms with Crippen LogP contribution in [0.2, 0.25) is 5.15 Å². The largest absolute Gasteiger partial charge is 0.252 e. The number of halogens is 2. The van der Waals surface area contributed by atoms with Crippen molar-refractivity contribution < 1.29 is 0 Å². The maximum atomic E-state index is 5.82. The SMILES string of the molecule is Clc1nccc2cc(Br)cnc12. The zero-order valence-electron chi connectivity index (χ0n) is 5.96. The summed E-state index contributed by atoms with van der Waals surface area (Å²) < 4.78 is 0.942. The molecule has 4 heteroatoms. The molecule has 0 radical (unpaired) electrons. The van der Waals surface area contributed by atoms with E-state index in [2.05, 4.69) is 25.9 Å². The molecule has 2 rings (SSSR count). The van der Waals surface area contributed by atoms with Crippen LogP contribution in [-0.4, -0.2) is 9.97 Å². The maximum absolute atomic E-state index is 5.82. The molecule has 2 aromatic heterocycles. The van der Waals surface area contributed by atoms with Crippen LogP contribution in [0, 0.1) is 0 Å². The smallest absolute Gasteiger partial charge is 0.155 e. The van der Waals surface area contributed by atoms with Gasteiger partial charge in [-0.1, -0.05) is 11.6 Å². The molecule has 0 spiro atoms. The fourth-order valence-electron chi connectivity index (χ4n) is 0.998. The minimum absolute atomic E-state index is 0.444. The predicted molar refractivity (Wildman–Crippen MR) is 52.2 cm³/mol. The van der Waals surface area contributed by atoms with Gasteiger partial charge in [-0.05, 0) is 28.1 Å². The first-order valence-electron chi connectivity index (χ1n) is 3.33. The summed E-state index contributed by atoms with van der Waals surface area (Å²) in [6.07, 6.45) is 3.37. The molecular weight excluding hydrogens is 239 g/mol. The summed E-state index contributed by atoms with van der Waals surface area (Å²) >= 11 is 9.15. The Morgan fingerprint density at radius 3 is 3.00 bits per heavy atom. The van der Waals surface area contributed by atoms with Gasteiger partial charge in [-0.15, -0.1) is 0 Å². The summed E-state index contributed by atoms with van der Waals surface area (Å²) in [5.41, 5.74) is 0.738. The lowest BCUT2D eigenvalue weighted by Gasteiger charge is -1.97. The molecule has 0 atom stereocenters. The van der Waals surface area contributed by atoms with Crippen molar-refractivity contribution in [3.8, 4) is 0 Å². The Kier molecular flexibility index (Phi) is 1.98. The summed E-state index contributed by atoms with van der Waals surface area (Å²) in [7, 11) is 0. The molecule has 12 heavy (non-hydrogen) atoms. The quantitative estimate of drug-likeness (QED) is 0.665. The van der Waals surface area contributed by atoms with Gasteiger partial charge in [0.1, 0.15) is 5.52 Å². The average Bonchev–Trinajstić information content (AvgIpc) is 2.04. The molecule has 0 bridgehead atoms. The van der Waals surface area contributed by atoms with Crippen molar-refractivity contribution in [3.63, 3.8) is 0 Å². The summed E-state index contributed by atoms with van der Waals surface area (Å²) in [6, 6.07) is 3.83. The summed E-state index contributed by atoms with van der Waals surface area (Å²) in [5, 5.41) is 1.43. The molecule has 0 saturated carbocycles. The minimum Gasteiger partial charge on any atom is -0.252 e. The fraction of sp³-hybridized carbons (Fsp3) is 0. The van der Waals surface area contributed by atoms with Gasteiger partial charge >= 0.3 is 0 Å². The Balaban J connectivity index is 2.86. The third-order valence-electron chi connectivity index (χ3n) is 1.52. The molecular formula is C8H4BrClN2. The van der Waals surface area contributed by atoms with Crippen LogP contribution < -0.4 is 0 Å². The molecule has 0 N–H and O–H groups in total. The van der Waals surface area contributed by atoms with Crippen molar-refractivity contribution in [1.82, 2.24) is 9.97 Å². The third-order valence-corrected chi connectivity index (χ3v) is 2.23. The van der Waals surface area contributed by atoms with Gasteiger partial charge in [0.05, 0.1) is 0 Å². The average molecular weight is 243 g/mol.